The lowest BCUT2D eigenvalue weighted by molar-refractivity contribution is 0.103. The third-order valence-electron chi connectivity index (χ3n) is 4.57. The lowest BCUT2D eigenvalue weighted by Gasteiger charge is -2.12. The average Bonchev–Trinajstić information content (AvgIpc) is 3.30. The van der Waals surface area contributed by atoms with Crippen LogP contribution >= 0.6 is 34.5 Å². The number of benzene rings is 2. The van der Waals surface area contributed by atoms with Crippen molar-refractivity contribution in [2.24, 2.45) is 0 Å². The summed E-state index contributed by atoms with van der Waals surface area (Å²) in [5, 5.41) is 9.33. The van der Waals surface area contributed by atoms with Gasteiger partial charge < -0.3 is 14.8 Å². The van der Waals surface area contributed by atoms with Gasteiger partial charge in [-0.25, -0.2) is 4.68 Å². The first-order valence-corrected chi connectivity index (χ1v) is 10.5. The fourth-order valence-corrected chi connectivity index (χ4v) is 4.61. The first kappa shape index (κ1) is 20.5. The summed E-state index contributed by atoms with van der Waals surface area (Å²) in [5.41, 5.74) is 2.03. The van der Waals surface area contributed by atoms with E-state index >= 15 is 0 Å². The van der Waals surface area contributed by atoms with Crippen molar-refractivity contribution < 1.29 is 14.3 Å². The van der Waals surface area contributed by atoms with Gasteiger partial charge in [0.15, 0.2) is 0 Å². The van der Waals surface area contributed by atoms with Crippen LogP contribution < -0.4 is 14.8 Å². The Labute approximate surface area is 186 Å². The highest BCUT2D eigenvalue weighted by Crippen LogP contribution is 2.37. The fraction of sp³-hybridized carbons (Fsp3) is 0.143. The number of aryl methyl sites for hydroxylation is 1. The zero-order valence-corrected chi connectivity index (χ0v) is 18.7. The van der Waals surface area contributed by atoms with Crippen molar-refractivity contribution in [3.8, 4) is 17.2 Å². The number of anilines is 1. The van der Waals surface area contributed by atoms with Crippen molar-refractivity contribution >= 4 is 56.3 Å². The summed E-state index contributed by atoms with van der Waals surface area (Å²) in [6.45, 7) is 1.90. The Hall–Kier alpha value is -2.74. The highest BCUT2D eigenvalue weighted by Gasteiger charge is 2.20. The number of ether oxygens (including phenoxy) is 2. The predicted octanol–water partition coefficient (Wildman–Crippen LogP) is 5.97. The van der Waals surface area contributed by atoms with Crippen LogP contribution in [0.1, 0.15) is 15.4 Å². The summed E-state index contributed by atoms with van der Waals surface area (Å²) in [6, 6.07) is 12.5. The molecule has 4 aromatic rings. The predicted molar refractivity (Wildman–Crippen MR) is 121 cm³/mol. The van der Waals surface area contributed by atoms with Crippen molar-refractivity contribution in [3.05, 3.63) is 63.1 Å². The summed E-state index contributed by atoms with van der Waals surface area (Å²) >= 11 is 13.8. The Morgan fingerprint density at radius 2 is 1.80 bits per heavy atom. The van der Waals surface area contributed by atoms with Gasteiger partial charge in [0.25, 0.3) is 5.91 Å². The number of hydrogen-bond donors (Lipinski definition) is 1. The van der Waals surface area contributed by atoms with Crippen LogP contribution in [0.3, 0.4) is 0 Å². The molecule has 0 saturated heterocycles. The molecule has 2 aromatic heterocycles. The molecule has 0 radical (unpaired) electrons. The lowest BCUT2D eigenvalue weighted by atomic mass is 10.2. The Kier molecular flexibility index (Phi) is 5.60. The van der Waals surface area contributed by atoms with Crippen LogP contribution in [-0.4, -0.2) is 29.9 Å². The molecule has 0 unspecified atom stereocenters. The average molecular weight is 462 g/mol. The number of nitrogens with one attached hydrogen (secondary N) is 1. The molecule has 0 saturated carbocycles. The number of para-hydroxylation sites is 1. The van der Waals surface area contributed by atoms with E-state index in [4.69, 9.17) is 32.7 Å². The molecule has 0 fully saturated rings. The zero-order valence-electron chi connectivity index (χ0n) is 16.3. The normalized spacial score (nSPS) is 11.0. The molecule has 0 spiro atoms. The maximum absolute atomic E-state index is 13.0. The lowest BCUT2D eigenvalue weighted by Crippen LogP contribution is -2.11. The summed E-state index contributed by atoms with van der Waals surface area (Å²) in [7, 11) is 3.02. The molecule has 2 aromatic carbocycles. The van der Waals surface area contributed by atoms with Crippen molar-refractivity contribution in [1.29, 1.82) is 0 Å². The van der Waals surface area contributed by atoms with Crippen molar-refractivity contribution in [2.45, 2.75) is 6.92 Å². The molecular weight excluding hydrogens is 445 g/mol. The summed E-state index contributed by atoms with van der Waals surface area (Å²) in [6.07, 6.45) is 0. The van der Waals surface area contributed by atoms with Gasteiger partial charge in [-0.2, -0.15) is 5.10 Å². The second-order valence-electron chi connectivity index (χ2n) is 6.42. The van der Waals surface area contributed by atoms with E-state index in [2.05, 4.69) is 10.4 Å². The fourth-order valence-electron chi connectivity index (χ4n) is 3.09. The first-order valence-electron chi connectivity index (χ1n) is 8.90. The van der Waals surface area contributed by atoms with Crippen LogP contribution in [0, 0.1) is 6.92 Å². The number of fused-ring (bicyclic) bond motifs is 1. The Morgan fingerprint density at radius 1 is 1.07 bits per heavy atom. The molecular formula is C21H17Cl2N3O3S. The molecule has 0 aliphatic heterocycles. The van der Waals surface area contributed by atoms with Gasteiger partial charge in [-0.3, -0.25) is 4.79 Å². The molecule has 1 N–H and O–H groups in total. The largest absolute Gasteiger partial charge is 0.495 e. The molecule has 154 valence electrons. The second-order valence-corrected chi connectivity index (χ2v) is 8.26. The second kappa shape index (κ2) is 8.18. The van der Waals surface area contributed by atoms with Crippen LogP contribution in [-0.2, 0) is 0 Å². The van der Waals surface area contributed by atoms with Gasteiger partial charge in [0.05, 0.1) is 46.2 Å². The van der Waals surface area contributed by atoms with E-state index in [-0.39, 0.29) is 5.91 Å². The summed E-state index contributed by atoms with van der Waals surface area (Å²) in [4.78, 5) is 14.3. The van der Waals surface area contributed by atoms with Crippen LogP contribution in [0.25, 0.3) is 15.9 Å². The number of rotatable bonds is 5. The van der Waals surface area contributed by atoms with Crippen LogP contribution in [0.4, 0.5) is 5.69 Å². The number of methoxy groups -OCH3 is 2. The molecule has 0 atom stereocenters. The summed E-state index contributed by atoms with van der Waals surface area (Å²) in [5.74, 6) is 0.604. The number of aromatic nitrogens is 2. The number of hydrogen-bond acceptors (Lipinski definition) is 5. The summed E-state index contributed by atoms with van der Waals surface area (Å²) < 4.78 is 12.3. The molecule has 4 rings (SSSR count). The molecule has 0 bridgehead atoms. The first-order chi connectivity index (χ1) is 14.4. The van der Waals surface area contributed by atoms with Gasteiger partial charge in [-0.15, -0.1) is 11.3 Å². The van der Waals surface area contributed by atoms with E-state index in [9.17, 15) is 4.79 Å². The maximum atomic E-state index is 13.0. The molecule has 0 aliphatic rings. The van der Waals surface area contributed by atoms with Crippen LogP contribution in [0.5, 0.6) is 11.5 Å². The van der Waals surface area contributed by atoms with Gasteiger partial charge in [0.2, 0.25) is 0 Å². The minimum atomic E-state index is -0.274. The third kappa shape index (κ3) is 3.60. The topological polar surface area (TPSA) is 65.4 Å². The van der Waals surface area contributed by atoms with E-state index < -0.39 is 0 Å². The van der Waals surface area contributed by atoms with Crippen LogP contribution in [0.2, 0.25) is 10.0 Å². The Balaban J connectivity index is 1.72. The van der Waals surface area contributed by atoms with Crippen molar-refractivity contribution in [2.75, 3.05) is 19.5 Å². The maximum Gasteiger partial charge on any atom is 0.265 e. The van der Waals surface area contributed by atoms with E-state index in [0.29, 0.717) is 32.1 Å². The minimum Gasteiger partial charge on any atom is -0.495 e. The van der Waals surface area contributed by atoms with E-state index in [0.717, 1.165) is 21.6 Å². The monoisotopic (exact) mass is 461 g/mol. The Bertz CT molecular complexity index is 1270. The van der Waals surface area contributed by atoms with E-state index in [1.165, 1.54) is 25.6 Å². The molecule has 9 heteroatoms. The van der Waals surface area contributed by atoms with Gasteiger partial charge in [0, 0.05) is 17.5 Å². The van der Waals surface area contributed by atoms with Crippen molar-refractivity contribution in [1.82, 2.24) is 9.78 Å². The Morgan fingerprint density at radius 3 is 2.50 bits per heavy atom. The molecule has 1 amide bonds. The molecule has 0 aliphatic carbocycles. The number of halogens is 2. The molecule has 6 nitrogen and oxygen atoms in total. The number of amides is 1. The highest BCUT2D eigenvalue weighted by molar-refractivity contribution is 7.20. The van der Waals surface area contributed by atoms with Crippen LogP contribution in [0.15, 0.2) is 42.5 Å². The van der Waals surface area contributed by atoms with E-state index in [1.807, 2.05) is 31.2 Å². The highest BCUT2D eigenvalue weighted by atomic mass is 35.5. The smallest absolute Gasteiger partial charge is 0.265 e. The van der Waals surface area contributed by atoms with Crippen molar-refractivity contribution in [3.63, 3.8) is 0 Å². The number of nitrogens with zero attached hydrogens (tertiary/aromatic N) is 2. The van der Waals surface area contributed by atoms with Gasteiger partial charge in [-0.05, 0) is 25.1 Å². The molecule has 2 heterocycles. The SMILES string of the molecule is COc1cc(NC(=O)c2cc3c(C)nn(-c4ccccc4Cl)c3s2)c(OC)cc1Cl. The quantitative estimate of drug-likeness (QED) is 0.397. The number of carbonyl (C=O) groups is 1. The van der Waals surface area contributed by atoms with Gasteiger partial charge in [0.1, 0.15) is 16.3 Å². The zero-order chi connectivity index (χ0) is 21.4. The van der Waals surface area contributed by atoms with E-state index in [1.54, 1.807) is 22.9 Å². The number of carbonyl (C=O) groups excluding carboxylic acids is 1. The van der Waals surface area contributed by atoms with Gasteiger partial charge >= 0.3 is 0 Å². The minimum absolute atomic E-state index is 0.274. The molecule has 30 heavy (non-hydrogen) atoms. The van der Waals surface area contributed by atoms with Gasteiger partial charge in [-0.1, -0.05) is 35.3 Å². The number of thiophene rings is 1. The standard InChI is InChI=1S/C21H17Cl2N3O3S/c1-11-12-8-19(30-21(12)26(25-11)16-7-5-4-6-13(16)22)20(27)24-15-10-17(28-2)14(23)9-18(15)29-3/h4-10H,1-3H3,(H,24,27). The third-order valence-corrected chi connectivity index (χ3v) is 6.30.